The summed E-state index contributed by atoms with van der Waals surface area (Å²) in [5.74, 6) is 1.21. The third-order valence-electron chi connectivity index (χ3n) is 5.19. The van der Waals surface area contributed by atoms with Crippen molar-refractivity contribution >= 4 is 28.1 Å². The number of carbonyl (C=O) groups is 1. The first kappa shape index (κ1) is 20.2. The molecule has 0 radical (unpaired) electrons. The number of amides is 1. The molecule has 1 amide bonds. The molecule has 6 nitrogen and oxygen atoms in total. The highest BCUT2D eigenvalue weighted by Gasteiger charge is 2.18. The molecule has 0 spiro atoms. The van der Waals surface area contributed by atoms with Crippen LogP contribution in [0.25, 0.3) is 11.3 Å². The van der Waals surface area contributed by atoms with Crippen molar-refractivity contribution in [2.45, 2.75) is 26.2 Å². The number of hydrogen-bond acceptors (Lipinski definition) is 6. The van der Waals surface area contributed by atoms with E-state index < -0.39 is 0 Å². The van der Waals surface area contributed by atoms with Crippen LogP contribution in [-0.2, 0) is 20.7 Å². The van der Waals surface area contributed by atoms with Crippen molar-refractivity contribution < 1.29 is 14.3 Å². The SMILES string of the molecule is C=CC1=C(/C=C\CCC(=O)Nc2nc(-c3ccc4c(c3)CCN4C)c(C)s2)OCO1. The van der Waals surface area contributed by atoms with Crippen LogP contribution >= 0.6 is 11.3 Å². The molecule has 3 heterocycles. The van der Waals surface area contributed by atoms with Crippen LogP contribution in [0.2, 0.25) is 0 Å². The molecule has 1 N–H and O–H groups in total. The van der Waals surface area contributed by atoms with E-state index in [1.165, 1.54) is 22.6 Å². The van der Waals surface area contributed by atoms with E-state index in [2.05, 4.69) is 47.0 Å². The van der Waals surface area contributed by atoms with Gasteiger partial charge in [-0.25, -0.2) is 4.98 Å². The number of nitrogens with zero attached hydrogens (tertiary/aromatic N) is 2. The van der Waals surface area contributed by atoms with Crippen LogP contribution in [0.3, 0.4) is 0 Å². The minimum atomic E-state index is -0.0583. The minimum absolute atomic E-state index is 0.0583. The van der Waals surface area contributed by atoms with Crippen molar-refractivity contribution in [3.8, 4) is 11.3 Å². The highest BCUT2D eigenvalue weighted by atomic mass is 32.1. The van der Waals surface area contributed by atoms with Gasteiger partial charge in [-0.2, -0.15) is 0 Å². The van der Waals surface area contributed by atoms with Gasteiger partial charge in [0.25, 0.3) is 0 Å². The third kappa shape index (κ3) is 4.26. The van der Waals surface area contributed by atoms with E-state index >= 15 is 0 Å². The molecular weight excluding hydrogens is 398 g/mol. The van der Waals surface area contributed by atoms with Gasteiger partial charge in [0.1, 0.15) is 0 Å². The molecule has 7 heteroatoms. The Morgan fingerprint density at radius 2 is 2.20 bits per heavy atom. The number of ether oxygens (including phenoxy) is 2. The lowest BCUT2D eigenvalue weighted by molar-refractivity contribution is -0.116. The molecule has 0 fully saturated rings. The first-order valence-corrected chi connectivity index (χ1v) is 10.8. The van der Waals surface area contributed by atoms with Crippen LogP contribution in [0.15, 0.2) is 54.5 Å². The zero-order valence-corrected chi connectivity index (χ0v) is 18.1. The molecule has 2 aliphatic heterocycles. The summed E-state index contributed by atoms with van der Waals surface area (Å²) in [5.41, 5.74) is 4.69. The molecule has 2 aromatic rings. The van der Waals surface area contributed by atoms with E-state index in [0.29, 0.717) is 29.5 Å². The zero-order valence-electron chi connectivity index (χ0n) is 17.2. The Balaban J connectivity index is 1.36. The van der Waals surface area contributed by atoms with Gasteiger partial charge in [-0.05, 0) is 49.6 Å². The number of thiazole rings is 1. The second kappa shape index (κ2) is 8.75. The number of anilines is 2. The number of aromatic nitrogens is 1. The van der Waals surface area contributed by atoms with E-state index in [0.717, 1.165) is 29.1 Å². The lowest BCUT2D eigenvalue weighted by Crippen LogP contribution is -2.12. The van der Waals surface area contributed by atoms with Gasteiger partial charge in [-0.15, -0.1) is 11.3 Å². The van der Waals surface area contributed by atoms with Crippen LogP contribution in [0.5, 0.6) is 0 Å². The van der Waals surface area contributed by atoms with E-state index in [9.17, 15) is 4.79 Å². The first-order valence-electron chi connectivity index (χ1n) is 9.95. The maximum absolute atomic E-state index is 12.3. The maximum Gasteiger partial charge on any atom is 0.231 e. The number of likely N-dealkylation sites (N-methyl/N-ethyl adjacent to an activating group) is 1. The molecule has 156 valence electrons. The summed E-state index contributed by atoms with van der Waals surface area (Å²) < 4.78 is 10.6. The Bertz CT molecular complexity index is 1040. The van der Waals surface area contributed by atoms with Gasteiger partial charge in [-0.1, -0.05) is 18.7 Å². The molecule has 0 aliphatic carbocycles. The fourth-order valence-electron chi connectivity index (χ4n) is 3.61. The molecule has 0 saturated heterocycles. The smallest absolute Gasteiger partial charge is 0.231 e. The van der Waals surface area contributed by atoms with Crippen molar-refractivity contribution in [3.63, 3.8) is 0 Å². The summed E-state index contributed by atoms with van der Waals surface area (Å²) in [4.78, 5) is 20.4. The standard InChI is InChI=1S/C23H25N3O3S/c1-4-19-20(29-14-28-19)7-5-6-8-21(27)24-23-25-22(15(2)30-23)17-9-10-18-16(13-17)11-12-26(18)3/h4-5,7,9-10,13H,1,6,8,11-12,14H2,2-3H3,(H,24,25,27)/b7-5-. The van der Waals surface area contributed by atoms with Crippen LogP contribution < -0.4 is 10.2 Å². The quantitative estimate of drug-likeness (QED) is 0.694. The van der Waals surface area contributed by atoms with Crippen molar-refractivity contribution in [3.05, 3.63) is 65.0 Å². The molecule has 1 aromatic carbocycles. The molecular formula is C23H25N3O3S. The van der Waals surface area contributed by atoms with Crippen molar-refractivity contribution in [1.29, 1.82) is 0 Å². The van der Waals surface area contributed by atoms with Gasteiger partial charge in [0.2, 0.25) is 12.7 Å². The lowest BCUT2D eigenvalue weighted by Gasteiger charge is -2.11. The number of fused-ring (bicyclic) bond motifs is 1. The van der Waals surface area contributed by atoms with Crippen molar-refractivity contribution in [1.82, 2.24) is 4.98 Å². The Morgan fingerprint density at radius 1 is 1.37 bits per heavy atom. The topological polar surface area (TPSA) is 63.7 Å². The van der Waals surface area contributed by atoms with Gasteiger partial charge in [0, 0.05) is 36.1 Å². The molecule has 2 aliphatic rings. The van der Waals surface area contributed by atoms with Crippen molar-refractivity contribution in [2.24, 2.45) is 0 Å². The first-order chi connectivity index (χ1) is 14.5. The number of allylic oxidation sites excluding steroid dienone is 3. The molecule has 0 unspecified atom stereocenters. The van der Waals surface area contributed by atoms with Crippen molar-refractivity contribution in [2.75, 3.05) is 30.6 Å². The second-order valence-electron chi connectivity index (χ2n) is 7.27. The van der Waals surface area contributed by atoms with Crippen LogP contribution in [0.1, 0.15) is 23.3 Å². The zero-order chi connectivity index (χ0) is 21.1. The molecule has 30 heavy (non-hydrogen) atoms. The predicted octanol–water partition coefficient (Wildman–Crippen LogP) is 4.79. The largest absolute Gasteiger partial charge is 0.454 e. The number of carbonyl (C=O) groups excluding carboxylic acids is 1. The molecule has 0 saturated carbocycles. The molecule has 0 bridgehead atoms. The van der Waals surface area contributed by atoms with E-state index in [4.69, 9.17) is 9.47 Å². The van der Waals surface area contributed by atoms with Gasteiger partial charge < -0.3 is 19.7 Å². The van der Waals surface area contributed by atoms with Gasteiger partial charge in [0.15, 0.2) is 16.6 Å². The Hall–Kier alpha value is -3.06. The van der Waals surface area contributed by atoms with Crippen LogP contribution in [-0.4, -0.2) is 31.3 Å². The summed E-state index contributed by atoms with van der Waals surface area (Å²) in [6, 6.07) is 6.49. The lowest BCUT2D eigenvalue weighted by atomic mass is 10.1. The van der Waals surface area contributed by atoms with E-state index in [1.54, 1.807) is 6.08 Å². The molecule has 4 rings (SSSR count). The maximum atomic E-state index is 12.3. The second-order valence-corrected chi connectivity index (χ2v) is 8.47. The average molecular weight is 424 g/mol. The van der Waals surface area contributed by atoms with Crippen LogP contribution in [0.4, 0.5) is 10.8 Å². The fraction of sp³-hybridized carbons (Fsp3) is 0.304. The monoisotopic (exact) mass is 423 g/mol. The number of hydrogen-bond donors (Lipinski definition) is 1. The molecule has 0 atom stereocenters. The number of nitrogens with one attached hydrogen (secondary N) is 1. The van der Waals surface area contributed by atoms with Crippen LogP contribution in [0, 0.1) is 6.92 Å². The fourth-order valence-corrected chi connectivity index (χ4v) is 4.46. The number of rotatable bonds is 7. The minimum Gasteiger partial charge on any atom is -0.454 e. The summed E-state index contributed by atoms with van der Waals surface area (Å²) in [5, 5.41) is 3.56. The normalized spacial score (nSPS) is 15.3. The average Bonchev–Trinajstić information content (AvgIpc) is 3.44. The highest BCUT2D eigenvalue weighted by molar-refractivity contribution is 7.16. The summed E-state index contributed by atoms with van der Waals surface area (Å²) in [6.45, 7) is 6.97. The Morgan fingerprint density at radius 3 is 3.03 bits per heavy atom. The van der Waals surface area contributed by atoms with E-state index in [1.807, 2.05) is 19.1 Å². The summed E-state index contributed by atoms with van der Waals surface area (Å²) in [6.07, 6.45) is 7.34. The van der Waals surface area contributed by atoms with E-state index in [-0.39, 0.29) is 12.7 Å². The number of benzene rings is 1. The Labute approximate surface area is 180 Å². The summed E-state index contributed by atoms with van der Waals surface area (Å²) in [7, 11) is 2.12. The van der Waals surface area contributed by atoms with Gasteiger partial charge >= 0.3 is 0 Å². The number of aryl methyl sites for hydroxylation is 1. The highest BCUT2D eigenvalue weighted by Crippen LogP contribution is 2.35. The Kier molecular flexibility index (Phi) is 5.90. The molecule has 1 aromatic heterocycles. The summed E-state index contributed by atoms with van der Waals surface area (Å²) >= 11 is 1.51. The van der Waals surface area contributed by atoms with Gasteiger partial charge in [-0.3, -0.25) is 4.79 Å². The third-order valence-corrected chi connectivity index (χ3v) is 6.07. The van der Waals surface area contributed by atoms with Gasteiger partial charge in [0.05, 0.1) is 5.69 Å². The predicted molar refractivity (Wildman–Crippen MR) is 121 cm³/mol.